The van der Waals surface area contributed by atoms with Gasteiger partial charge in [-0.05, 0) is 43.4 Å². The Kier molecular flexibility index (Phi) is 6.82. The highest BCUT2D eigenvalue weighted by Gasteiger charge is 2.27. The highest BCUT2D eigenvalue weighted by atomic mass is 32.1. The van der Waals surface area contributed by atoms with Crippen molar-refractivity contribution in [3.63, 3.8) is 0 Å². The van der Waals surface area contributed by atoms with Crippen molar-refractivity contribution in [1.29, 1.82) is 0 Å². The van der Waals surface area contributed by atoms with Gasteiger partial charge in [0.05, 0.1) is 35.6 Å². The number of H-pyrrole nitrogens is 1. The number of ether oxygens (including phenoxy) is 2. The molecular weight excluding hydrogens is 498 g/mol. The zero-order chi connectivity index (χ0) is 25.9. The summed E-state index contributed by atoms with van der Waals surface area (Å²) in [6.07, 6.45) is 0. The van der Waals surface area contributed by atoms with Gasteiger partial charge in [0, 0.05) is 11.6 Å². The maximum absolute atomic E-state index is 13.3. The number of fused-ring (bicyclic) bond motifs is 1. The van der Waals surface area contributed by atoms with E-state index in [4.69, 9.17) is 22.1 Å². The molecule has 3 aromatic carbocycles. The molecule has 0 fully saturated rings. The maximum atomic E-state index is 13.3. The number of esters is 1. The minimum Gasteiger partial charge on any atom is -0.462 e. The zero-order valence-electron chi connectivity index (χ0n) is 19.7. The molecule has 0 atom stereocenters. The Labute approximate surface area is 215 Å². The number of aromatic nitrogens is 4. The van der Waals surface area contributed by atoms with Gasteiger partial charge in [0.25, 0.3) is 0 Å². The summed E-state index contributed by atoms with van der Waals surface area (Å²) >= 11 is 5.58. The van der Waals surface area contributed by atoms with Gasteiger partial charge in [-0.15, -0.1) is 0 Å². The fraction of sp³-hybridized carbons (Fsp3) is 0.148. The summed E-state index contributed by atoms with van der Waals surface area (Å²) in [5.41, 5.74) is 3.95. The second-order valence-electron chi connectivity index (χ2n) is 8.08. The normalized spacial score (nSPS) is 11.2. The average Bonchev–Trinajstić information content (AvgIpc) is 3.43. The third-order valence-electron chi connectivity index (χ3n) is 5.79. The molecule has 5 aromatic rings. The van der Waals surface area contributed by atoms with E-state index in [0.29, 0.717) is 32.8 Å². The number of nitrogens with one attached hydrogen (secondary N) is 1. The van der Waals surface area contributed by atoms with E-state index in [1.807, 2.05) is 60.7 Å². The first-order valence-electron chi connectivity index (χ1n) is 11.5. The Morgan fingerprint density at radius 3 is 2.43 bits per heavy atom. The minimum absolute atomic E-state index is 0.00240. The molecule has 0 aliphatic carbocycles. The molecule has 1 N–H and O–H groups in total. The molecule has 188 valence electrons. The molecule has 0 saturated heterocycles. The van der Waals surface area contributed by atoms with Crippen LogP contribution in [0.25, 0.3) is 28.0 Å². The highest BCUT2D eigenvalue weighted by molar-refractivity contribution is 7.71. The number of rotatable bonds is 8. The van der Waals surface area contributed by atoms with Crippen molar-refractivity contribution < 1.29 is 23.0 Å². The van der Waals surface area contributed by atoms with Crippen LogP contribution in [0.5, 0.6) is 5.75 Å². The van der Waals surface area contributed by atoms with Crippen molar-refractivity contribution in [3.8, 4) is 22.7 Å². The quantitative estimate of drug-likeness (QED) is 0.190. The summed E-state index contributed by atoms with van der Waals surface area (Å²) in [6, 6.07) is 23.3. The van der Waals surface area contributed by atoms with Crippen LogP contribution in [0.2, 0.25) is 0 Å². The summed E-state index contributed by atoms with van der Waals surface area (Å²) < 4.78 is 39.5. The molecule has 2 heterocycles. The number of imidazole rings is 1. The van der Waals surface area contributed by atoms with E-state index < -0.39 is 12.6 Å². The number of para-hydroxylation sites is 1. The second kappa shape index (κ2) is 10.4. The molecular formula is C27H22F2N4O3S. The van der Waals surface area contributed by atoms with E-state index in [9.17, 15) is 13.6 Å². The van der Waals surface area contributed by atoms with Gasteiger partial charge in [0.15, 0.2) is 4.77 Å². The molecule has 37 heavy (non-hydrogen) atoms. The molecule has 0 unspecified atom stereocenters. The van der Waals surface area contributed by atoms with E-state index in [-0.39, 0.29) is 18.9 Å². The third kappa shape index (κ3) is 4.88. The number of aromatic amines is 1. The Hall–Kier alpha value is -4.31. The van der Waals surface area contributed by atoms with Gasteiger partial charge in [-0.1, -0.05) is 48.5 Å². The first kappa shape index (κ1) is 24.4. The topological polar surface area (TPSA) is 74.1 Å². The van der Waals surface area contributed by atoms with Crippen LogP contribution in [-0.2, 0) is 11.3 Å². The lowest BCUT2D eigenvalue weighted by atomic mass is 10.1. The molecule has 0 amide bonds. The van der Waals surface area contributed by atoms with Crippen LogP contribution in [0.3, 0.4) is 0 Å². The minimum atomic E-state index is -2.96. The van der Waals surface area contributed by atoms with Gasteiger partial charge in [0.1, 0.15) is 17.0 Å². The smallest absolute Gasteiger partial charge is 0.387 e. The Bertz CT molecular complexity index is 1610. The number of benzene rings is 3. The van der Waals surface area contributed by atoms with Crippen LogP contribution in [0.4, 0.5) is 8.78 Å². The molecule has 0 spiro atoms. The van der Waals surface area contributed by atoms with Crippen molar-refractivity contribution in [2.24, 2.45) is 0 Å². The Morgan fingerprint density at radius 1 is 1.05 bits per heavy atom. The Morgan fingerprint density at radius 2 is 1.76 bits per heavy atom. The lowest BCUT2D eigenvalue weighted by molar-refractivity contribution is -0.0497. The first-order valence-corrected chi connectivity index (χ1v) is 11.9. The average molecular weight is 521 g/mol. The van der Waals surface area contributed by atoms with Crippen LogP contribution < -0.4 is 4.74 Å². The van der Waals surface area contributed by atoms with Crippen LogP contribution in [-0.4, -0.2) is 38.5 Å². The van der Waals surface area contributed by atoms with E-state index in [1.54, 1.807) is 22.2 Å². The third-order valence-corrected chi connectivity index (χ3v) is 6.11. The molecule has 5 rings (SSSR count). The number of hydrogen-bond donors (Lipinski definition) is 1. The molecule has 7 nitrogen and oxygen atoms in total. The van der Waals surface area contributed by atoms with E-state index >= 15 is 0 Å². The molecule has 2 aromatic heterocycles. The number of carbonyl (C=O) groups is 1. The van der Waals surface area contributed by atoms with Crippen molar-refractivity contribution in [1.82, 2.24) is 19.3 Å². The molecule has 0 aliphatic rings. The van der Waals surface area contributed by atoms with Gasteiger partial charge in [0.2, 0.25) is 0 Å². The van der Waals surface area contributed by atoms with Gasteiger partial charge in [-0.25, -0.2) is 9.48 Å². The lowest BCUT2D eigenvalue weighted by Crippen LogP contribution is -2.13. The zero-order valence-corrected chi connectivity index (χ0v) is 20.5. The van der Waals surface area contributed by atoms with E-state index in [0.717, 1.165) is 11.3 Å². The number of halogens is 2. The molecule has 0 bridgehead atoms. The van der Waals surface area contributed by atoms with Crippen LogP contribution in [0.1, 0.15) is 23.0 Å². The summed E-state index contributed by atoms with van der Waals surface area (Å²) in [7, 11) is 0. The lowest BCUT2D eigenvalue weighted by Gasteiger charge is -2.12. The predicted molar refractivity (Wildman–Crippen MR) is 138 cm³/mol. The fourth-order valence-electron chi connectivity index (χ4n) is 4.21. The number of nitrogens with zero attached hydrogens (tertiary/aromatic N) is 3. The molecule has 10 heteroatoms. The van der Waals surface area contributed by atoms with E-state index in [1.165, 1.54) is 12.1 Å². The highest BCUT2D eigenvalue weighted by Crippen LogP contribution is 2.31. The summed E-state index contributed by atoms with van der Waals surface area (Å²) in [5.74, 6) is -0.524. The van der Waals surface area contributed by atoms with Gasteiger partial charge < -0.3 is 19.0 Å². The van der Waals surface area contributed by atoms with Gasteiger partial charge in [-0.3, -0.25) is 0 Å². The molecule has 0 saturated carbocycles. The van der Waals surface area contributed by atoms with Crippen molar-refractivity contribution in [2.45, 2.75) is 20.1 Å². The van der Waals surface area contributed by atoms with E-state index in [2.05, 4.69) is 9.72 Å². The first-order chi connectivity index (χ1) is 18.0. The maximum Gasteiger partial charge on any atom is 0.387 e. The van der Waals surface area contributed by atoms with Crippen LogP contribution >= 0.6 is 12.2 Å². The summed E-state index contributed by atoms with van der Waals surface area (Å²) in [5, 5.41) is 4.84. The van der Waals surface area contributed by atoms with Crippen LogP contribution in [0.15, 0.2) is 78.9 Å². The molecule has 0 radical (unpaired) electrons. The number of carbonyl (C=O) groups excluding carboxylic acids is 1. The number of alkyl halides is 2. The van der Waals surface area contributed by atoms with Crippen molar-refractivity contribution in [3.05, 3.63) is 94.9 Å². The standard InChI is InChI=1S/C27H22F2N4O3S/c1-2-35-25(34)23-22(16-32-21-15-19(36-26(28)29)13-14-20(21)30-27(32)37)33(18-11-7-4-8-12-18)31-24(23)17-9-5-3-6-10-17/h3-15,26H,2,16H2,1H3,(H,30,37). The summed E-state index contributed by atoms with van der Waals surface area (Å²) in [6.45, 7) is -0.929. The summed E-state index contributed by atoms with van der Waals surface area (Å²) in [4.78, 5) is 16.4. The van der Waals surface area contributed by atoms with Crippen LogP contribution in [0, 0.1) is 4.77 Å². The molecule has 0 aliphatic heterocycles. The predicted octanol–water partition coefficient (Wildman–Crippen LogP) is 6.38. The van der Waals surface area contributed by atoms with Gasteiger partial charge in [-0.2, -0.15) is 13.9 Å². The van der Waals surface area contributed by atoms with Gasteiger partial charge >= 0.3 is 12.6 Å². The largest absolute Gasteiger partial charge is 0.462 e. The van der Waals surface area contributed by atoms with Crippen molar-refractivity contribution >= 4 is 29.2 Å². The SMILES string of the molecule is CCOC(=O)c1c(-c2ccccc2)nn(-c2ccccc2)c1Cn1c(=S)[nH]c2ccc(OC(F)F)cc21. The fourth-order valence-corrected chi connectivity index (χ4v) is 4.49. The monoisotopic (exact) mass is 520 g/mol. The second-order valence-corrected chi connectivity index (χ2v) is 8.46. The number of hydrogen-bond acceptors (Lipinski definition) is 5. The Balaban J connectivity index is 1.75. The van der Waals surface area contributed by atoms with Crippen molar-refractivity contribution in [2.75, 3.05) is 6.61 Å².